The summed E-state index contributed by atoms with van der Waals surface area (Å²) < 4.78 is 4.93. The van der Waals surface area contributed by atoms with Gasteiger partial charge in [0, 0.05) is 12.1 Å². The Kier molecular flexibility index (Phi) is 10.1. The van der Waals surface area contributed by atoms with E-state index < -0.39 is 0 Å². The van der Waals surface area contributed by atoms with Gasteiger partial charge >= 0.3 is 5.97 Å². The van der Waals surface area contributed by atoms with Crippen molar-refractivity contribution < 1.29 is 9.53 Å². The van der Waals surface area contributed by atoms with E-state index in [9.17, 15) is 4.79 Å². The van der Waals surface area contributed by atoms with Gasteiger partial charge in [0.15, 0.2) is 0 Å². The first-order chi connectivity index (χ1) is 7.68. The van der Waals surface area contributed by atoms with Gasteiger partial charge < -0.3 is 15.8 Å². The highest BCUT2D eigenvalue weighted by Crippen LogP contribution is 1.96. The van der Waals surface area contributed by atoms with Gasteiger partial charge in [-0.3, -0.25) is 0 Å². The van der Waals surface area contributed by atoms with Crippen LogP contribution in [0.5, 0.6) is 0 Å². The summed E-state index contributed by atoms with van der Waals surface area (Å²) in [5.41, 5.74) is 5.84. The third-order valence-corrected chi connectivity index (χ3v) is 2.17. The molecule has 0 heterocycles. The molecule has 4 nitrogen and oxygen atoms in total. The molecule has 16 heavy (non-hydrogen) atoms. The first-order valence-corrected chi connectivity index (χ1v) is 5.92. The van der Waals surface area contributed by atoms with Gasteiger partial charge in [-0.05, 0) is 32.9 Å². The van der Waals surface area contributed by atoms with Crippen LogP contribution in [0.2, 0.25) is 0 Å². The number of hydrogen-bond acceptors (Lipinski definition) is 4. The van der Waals surface area contributed by atoms with Crippen LogP contribution in [0.25, 0.3) is 0 Å². The van der Waals surface area contributed by atoms with Gasteiger partial charge in [-0.25, -0.2) is 4.79 Å². The Labute approximate surface area is 98.2 Å². The summed E-state index contributed by atoms with van der Waals surface area (Å²) in [6.45, 7) is 8.02. The molecule has 0 bridgehead atoms. The van der Waals surface area contributed by atoms with Crippen LogP contribution < -0.4 is 11.1 Å². The number of unbranched alkanes of at least 4 members (excludes halogenated alkanes) is 3. The van der Waals surface area contributed by atoms with Gasteiger partial charge in [0.2, 0.25) is 0 Å². The molecule has 0 saturated carbocycles. The summed E-state index contributed by atoms with van der Waals surface area (Å²) in [7, 11) is 0. The summed E-state index contributed by atoms with van der Waals surface area (Å²) in [4.78, 5) is 11.0. The first kappa shape index (κ1) is 15.1. The lowest BCUT2D eigenvalue weighted by molar-refractivity contribution is -0.138. The normalized spacial score (nSPS) is 10.1. The third kappa shape index (κ3) is 9.68. The van der Waals surface area contributed by atoms with Crippen LogP contribution in [0, 0.1) is 0 Å². The van der Waals surface area contributed by atoms with E-state index >= 15 is 0 Å². The number of esters is 1. The predicted octanol–water partition coefficient (Wildman–Crippen LogP) is 1.21. The highest BCUT2D eigenvalue weighted by Gasteiger charge is 2.01. The largest absolute Gasteiger partial charge is 0.461 e. The monoisotopic (exact) mass is 228 g/mol. The molecule has 0 aromatic heterocycles. The summed E-state index contributed by atoms with van der Waals surface area (Å²) in [5, 5.41) is 3.22. The van der Waals surface area contributed by atoms with Crippen molar-refractivity contribution in [2.24, 2.45) is 5.73 Å². The van der Waals surface area contributed by atoms with E-state index in [1.54, 1.807) is 6.92 Å². The van der Waals surface area contributed by atoms with Crippen LogP contribution in [0.4, 0.5) is 0 Å². The highest BCUT2D eigenvalue weighted by atomic mass is 16.5. The zero-order valence-corrected chi connectivity index (χ0v) is 10.3. The van der Waals surface area contributed by atoms with Gasteiger partial charge in [-0.1, -0.05) is 19.4 Å². The fourth-order valence-corrected chi connectivity index (χ4v) is 1.21. The van der Waals surface area contributed by atoms with Crippen molar-refractivity contribution in [3.63, 3.8) is 0 Å². The molecule has 0 saturated heterocycles. The van der Waals surface area contributed by atoms with Crippen molar-refractivity contribution in [2.75, 3.05) is 26.2 Å². The van der Waals surface area contributed by atoms with Crippen LogP contribution in [0.15, 0.2) is 12.2 Å². The quantitative estimate of drug-likeness (QED) is 0.335. The van der Waals surface area contributed by atoms with E-state index in [0.717, 1.165) is 25.9 Å². The van der Waals surface area contributed by atoms with E-state index in [4.69, 9.17) is 10.5 Å². The maximum Gasteiger partial charge on any atom is 0.333 e. The predicted molar refractivity (Wildman–Crippen MR) is 66.2 cm³/mol. The molecule has 0 radical (unpaired) electrons. The molecular formula is C12H24N2O2. The first-order valence-electron chi connectivity index (χ1n) is 5.92. The molecule has 3 N–H and O–H groups in total. The number of hydrogen-bond donors (Lipinski definition) is 2. The lowest BCUT2D eigenvalue weighted by Crippen LogP contribution is -2.22. The average molecular weight is 228 g/mol. The second-order valence-corrected chi connectivity index (χ2v) is 3.87. The molecule has 94 valence electrons. The van der Waals surface area contributed by atoms with E-state index in [1.807, 2.05) is 0 Å². The van der Waals surface area contributed by atoms with Gasteiger partial charge in [-0.15, -0.1) is 0 Å². The van der Waals surface area contributed by atoms with E-state index in [1.165, 1.54) is 12.8 Å². The van der Waals surface area contributed by atoms with Crippen molar-refractivity contribution in [1.29, 1.82) is 0 Å². The van der Waals surface area contributed by atoms with Crippen LogP contribution >= 0.6 is 0 Å². The second kappa shape index (κ2) is 10.6. The SMILES string of the molecule is C=C(C)C(=O)OCCNCCCCCCN. The molecule has 0 aromatic rings. The van der Waals surface area contributed by atoms with Gasteiger partial charge in [0.25, 0.3) is 0 Å². The van der Waals surface area contributed by atoms with Crippen LogP contribution in [-0.4, -0.2) is 32.2 Å². The maximum atomic E-state index is 11.0. The number of rotatable bonds is 10. The Bertz CT molecular complexity index is 205. The molecule has 4 heteroatoms. The Morgan fingerprint density at radius 2 is 1.94 bits per heavy atom. The van der Waals surface area contributed by atoms with Crippen molar-refractivity contribution >= 4 is 5.97 Å². The average Bonchev–Trinajstić information content (AvgIpc) is 2.26. The molecule has 0 spiro atoms. The molecule has 0 aliphatic heterocycles. The lowest BCUT2D eigenvalue weighted by atomic mass is 10.2. The maximum absolute atomic E-state index is 11.0. The smallest absolute Gasteiger partial charge is 0.333 e. The molecule has 0 atom stereocenters. The lowest BCUT2D eigenvalue weighted by Gasteiger charge is -2.06. The number of carbonyl (C=O) groups is 1. The number of carbonyl (C=O) groups excluding carboxylic acids is 1. The Morgan fingerprint density at radius 1 is 1.25 bits per heavy atom. The molecule has 0 aromatic carbocycles. The fraction of sp³-hybridized carbons (Fsp3) is 0.750. The van der Waals surface area contributed by atoms with Crippen molar-refractivity contribution in [2.45, 2.75) is 32.6 Å². The van der Waals surface area contributed by atoms with E-state index in [-0.39, 0.29) is 5.97 Å². The minimum atomic E-state index is -0.315. The van der Waals surface area contributed by atoms with Gasteiger partial charge in [-0.2, -0.15) is 0 Å². The Hall–Kier alpha value is -0.870. The van der Waals surface area contributed by atoms with Crippen LogP contribution in [0.3, 0.4) is 0 Å². The molecule has 0 amide bonds. The number of nitrogens with two attached hydrogens (primary N) is 1. The van der Waals surface area contributed by atoms with Crippen molar-refractivity contribution in [3.05, 3.63) is 12.2 Å². The third-order valence-electron chi connectivity index (χ3n) is 2.17. The van der Waals surface area contributed by atoms with Crippen LogP contribution in [0.1, 0.15) is 32.6 Å². The Balaban J connectivity index is 3.10. The molecule has 0 fully saturated rings. The van der Waals surface area contributed by atoms with E-state index in [2.05, 4.69) is 11.9 Å². The second-order valence-electron chi connectivity index (χ2n) is 3.87. The highest BCUT2D eigenvalue weighted by molar-refractivity contribution is 5.86. The summed E-state index contributed by atoms with van der Waals surface area (Å²) in [6, 6.07) is 0. The fourth-order valence-electron chi connectivity index (χ4n) is 1.21. The van der Waals surface area contributed by atoms with Crippen molar-refractivity contribution in [1.82, 2.24) is 5.32 Å². The van der Waals surface area contributed by atoms with Crippen LogP contribution in [-0.2, 0) is 9.53 Å². The zero-order valence-electron chi connectivity index (χ0n) is 10.3. The Morgan fingerprint density at radius 3 is 2.56 bits per heavy atom. The van der Waals surface area contributed by atoms with Gasteiger partial charge in [0.1, 0.15) is 6.61 Å². The van der Waals surface area contributed by atoms with Gasteiger partial charge in [0.05, 0.1) is 0 Å². The molecule has 0 aliphatic carbocycles. The summed E-state index contributed by atoms with van der Waals surface area (Å²) in [6.07, 6.45) is 4.66. The molecule has 0 aliphatic rings. The molecule has 0 rings (SSSR count). The van der Waals surface area contributed by atoms with Crippen molar-refractivity contribution in [3.8, 4) is 0 Å². The number of ether oxygens (including phenoxy) is 1. The zero-order chi connectivity index (χ0) is 12.2. The van der Waals surface area contributed by atoms with E-state index in [0.29, 0.717) is 18.7 Å². The topological polar surface area (TPSA) is 64.3 Å². The summed E-state index contributed by atoms with van der Waals surface area (Å²) in [5.74, 6) is -0.315. The molecule has 0 unspecified atom stereocenters. The molecular weight excluding hydrogens is 204 g/mol. The minimum Gasteiger partial charge on any atom is -0.461 e. The minimum absolute atomic E-state index is 0.315. The summed E-state index contributed by atoms with van der Waals surface area (Å²) >= 11 is 0. The number of nitrogens with one attached hydrogen (secondary N) is 1. The standard InChI is InChI=1S/C12H24N2O2/c1-11(2)12(15)16-10-9-14-8-6-4-3-5-7-13/h14H,1,3-10,13H2,2H3.